The lowest BCUT2D eigenvalue weighted by atomic mass is 10.1. The number of aromatic amines is 1. The highest BCUT2D eigenvalue weighted by Crippen LogP contribution is 2.14. The maximum Gasteiger partial charge on any atom is 0.251 e. The molecule has 2 heterocycles. The predicted octanol–water partition coefficient (Wildman–Crippen LogP) is 1.67. The molecule has 0 unspecified atom stereocenters. The van der Waals surface area contributed by atoms with Gasteiger partial charge in [-0.1, -0.05) is 0 Å². The number of aromatic nitrogens is 1. The Morgan fingerprint density at radius 3 is 3.00 bits per heavy atom. The highest BCUT2D eigenvalue weighted by molar-refractivity contribution is 5.98. The van der Waals surface area contributed by atoms with Crippen molar-refractivity contribution < 1.29 is 9.53 Å². The molecule has 0 spiro atoms. The zero-order valence-electron chi connectivity index (χ0n) is 12.0. The van der Waals surface area contributed by atoms with Crippen molar-refractivity contribution in [2.45, 2.75) is 18.9 Å². The van der Waals surface area contributed by atoms with Crippen molar-refractivity contribution in [2.24, 2.45) is 0 Å². The van der Waals surface area contributed by atoms with E-state index in [9.17, 15) is 4.79 Å². The van der Waals surface area contributed by atoms with Crippen molar-refractivity contribution in [3.8, 4) is 0 Å². The predicted molar refractivity (Wildman–Crippen MR) is 82.5 cm³/mol. The Hall–Kier alpha value is -1.85. The Kier molecular flexibility index (Phi) is 4.52. The number of H-pyrrole nitrogens is 1. The third-order valence-corrected chi connectivity index (χ3v) is 3.84. The molecular formula is C16H21N3O2. The van der Waals surface area contributed by atoms with E-state index in [1.54, 1.807) is 0 Å². The average molecular weight is 287 g/mol. The normalized spacial score (nSPS) is 16.2. The summed E-state index contributed by atoms with van der Waals surface area (Å²) in [4.78, 5) is 15.2. The van der Waals surface area contributed by atoms with Crippen molar-refractivity contribution in [3.63, 3.8) is 0 Å². The van der Waals surface area contributed by atoms with Gasteiger partial charge in [0.05, 0.1) is 12.7 Å². The van der Waals surface area contributed by atoms with Crippen LogP contribution >= 0.6 is 0 Å². The molecule has 5 heteroatoms. The number of benzene rings is 1. The Bertz CT molecular complexity index is 602. The molecule has 1 aliphatic rings. The number of rotatable bonds is 5. The Balaban J connectivity index is 1.45. The van der Waals surface area contributed by atoms with Gasteiger partial charge in [0, 0.05) is 29.2 Å². The second kappa shape index (κ2) is 6.74. The third-order valence-electron chi connectivity index (χ3n) is 3.84. The summed E-state index contributed by atoms with van der Waals surface area (Å²) in [7, 11) is 0. The first-order valence-electron chi connectivity index (χ1n) is 7.50. The van der Waals surface area contributed by atoms with Gasteiger partial charge in [-0.15, -0.1) is 0 Å². The molecule has 21 heavy (non-hydrogen) atoms. The lowest BCUT2D eigenvalue weighted by Gasteiger charge is -2.22. The average Bonchev–Trinajstić information content (AvgIpc) is 3.00. The molecule has 112 valence electrons. The molecule has 3 rings (SSSR count). The van der Waals surface area contributed by atoms with E-state index in [1.165, 1.54) is 0 Å². The van der Waals surface area contributed by atoms with Crippen LogP contribution in [0.4, 0.5) is 0 Å². The van der Waals surface area contributed by atoms with Crippen LogP contribution < -0.4 is 10.6 Å². The zero-order valence-corrected chi connectivity index (χ0v) is 12.0. The Labute approximate surface area is 124 Å². The largest absolute Gasteiger partial charge is 0.376 e. The summed E-state index contributed by atoms with van der Waals surface area (Å²) in [6.45, 7) is 3.16. The van der Waals surface area contributed by atoms with Crippen molar-refractivity contribution in [3.05, 3.63) is 36.0 Å². The van der Waals surface area contributed by atoms with Gasteiger partial charge in [0.2, 0.25) is 0 Å². The van der Waals surface area contributed by atoms with Gasteiger partial charge in [-0.25, -0.2) is 0 Å². The topological polar surface area (TPSA) is 66.2 Å². The zero-order chi connectivity index (χ0) is 14.5. The van der Waals surface area contributed by atoms with E-state index >= 15 is 0 Å². The van der Waals surface area contributed by atoms with Crippen LogP contribution in [-0.4, -0.2) is 43.2 Å². The van der Waals surface area contributed by atoms with E-state index in [0.29, 0.717) is 24.8 Å². The van der Waals surface area contributed by atoms with E-state index in [2.05, 4.69) is 15.6 Å². The molecule has 1 amide bonds. The first-order chi connectivity index (χ1) is 10.3. The molecule has 5 nitrogen and oxygen atoms in total. The summed E-state index contributed by atoms with van der Waals surface area (Å²) >= 11 is 0. The van der Waals surface area contributed by atoms with Gasteiger partial charge >= 0.3 is 0 Å². The smallest absolute Gasteiger partial charge is 0.251 e. The second-order valence-corrected chi connectivity index (χ2v) is 5.36. The fraction of sp³-hybridized carbons (Fsp3) is 0.438. The second-order valence-electron chi connectivity index (χ2n) is 5.36. The van der Waals surface area contributed by atoms with Crippen LogP contribution in [0.5, 0.6) is 0 Å². The van der Waals surface area contributed by atoms with E-state index < -0.39 is 0 Å². The van der Waals surface area contributed by atoms with E-state index in [0.717, 1.165) is 36.8 Å². The number of amides is 1. The highest BCUT2D eigenvalue weighted by Gasteiger charge is 2.13. The molecule has 1 saturated heterocycles. The third kappa shape index (κ3) is 3.62. The van der Waals surface area contributed by atoms with Crippen LogP contribution in [0.1, 0.15) is 23.2 Å². The van der Waals surface area contributed by atoms with Crippen LogP contribution in [0.25, 0.3) is 10.9 Å². The summed E-state index contributed by atoms with van der Waals surface area (Å²) in [5, 5.41) is 7.26. The molecule has 1 aromatic carbocycles. The maximum atomic E-state index is 12.1. The monoisotopic (exact) mass is 287 g/mol. The van der Waals surface area contributed by atoms with Crippen LogP contribution in [-0.2, 0) is 4.74 Å². The van der Waals surface area contributed by atoms with Crippen LogP contribution in [0.2, 0.25) is 0 Å². The molecule has 0 saturated carbocycles. The minimum absolute atomic E-state index is 0.0491. The number of hydrogen-bond donors (Lipinski definition) is 3. The summed E-state index contributed by atoms with van der Waals surface area (Å²) < 4.78 is 5.77. The molecule has 1 aromatic heterocycles. The van der Waals surface area contributed by atoms with Crippen molar-refractivity contribution in [1.82, 2.24) is 15.6 Å². The molecule has 2 aromatic rings. The number of piperidine rings is 1. The lowest BCUT2D eigenvalue weighted by Crippen LogP contribution is -2.34. The number of fused-ring (bicyclic) bond motifs is 1. The van der Waals surface area contributed by atoms with Crippen LogP contribution in [0.3, 0.4) is 0 Å². The van der Waals surface area contributed by atoms with Crippen molar-refractivity contribution in [2.75, 3.05) is 26.2 Å². The van der Waals surface area contributed by atoms with Gasteiger partial charge in [0.1, 0.15) is 0 Å². The molecule has 3 N–H and O–H groups in total. The highest BCUT2D eigenvalue weighted by atomic mass is 16.5. The summed E-state index contributed by atoms with van der Waals surface area (Å²) in [5.74, 6) is -0.0491. The maximum absolute atomic E-state index is 12.1. The first-order valence-corrected chi connectivity index (χ1v) is 7.50. The number of nitrogens with one attached hydrogen (secondary N) is 3. The van der Waals surface area contributed by atoms with Crippen LogP contribution in [0, 0.1) is 0 Å². The minimum Gasteiger partial charge on any atom is -0.376 e. The number of carbonyl (C=O) groups excluding carboxylic acids is 1. The lowest BCUT2D eigenvalue weighted by molar-refractivity contribution is 0.0343. The van der Waals surface area contributed by atoms with E-state index in [4.69, 9.17) is 4.74 Å². The van der Waals surface area contributed by atoms with Crippen molar-refractivity contribution >= 4 is 16.8 Å². The number of ether oxygens (including phenoxy) is 1. The fourth-order valence-electron chi connectivity index (χ4n) is 2.65. The molecule has 0 bridgehead atoms. The molecule has 0 aliphatic carbocycles. The van der Waals surface area contributed by atoms with Crippen molar-refractivity contribution in [1.29, 1.82) is 0 Å². The van der Waals surface area contributed by atoms with E-state index in [-0.39, 0.29) is 5.91 Å². The number of carbonyl (C=O) groups is 1. The number of hydrogen-bond acceptors (Lipinski definition) is 3. The quantitative estimate of drug-likeness (QED) is 0.733. The van der Waals surface area contributed by atoms with Gasteiger partial charge in [-0.2, -0.15) is 0 Å². The first kappa shape index (κ1) is 14.1. The Morgan fingerprint density at radius 1 is 1.29 bits per heavy atom. The molecule has 0 atom stereocenters. The summed E-state index contributed by atoms with van der Waals surface area (Å²) in [6, 6.07) is 7.62. The molecule has 1 fully saturated rings. The fourth-order valence-corrected chi connectivity index (χ4v) is 2.65. The minimum atomic E-state index is -0.0491. The van der Waals surface area contributed by atoms with E-state index in [1.807, 2.05) is 30.5 Å². The molecule has 1 aliphatic heterocycles. The van der Waals surface area contributed by atoms with Gasteiger partial charge in [-0.05, 0) is 50.2 Å². The van der Waals surface area contributed by atoms with Gasteiger partial charge in [0.25, 0.3) is 5.91 Å². The standard InChI is InChI=1S/C16H21N3O2/c20-16(13-1-2-15-12(11-13)3-8-18-15)19-9-10-21-14-4-6-17-7-5-14/h1-3,8,11,14,17-18H,4-7,9-10H2,(H,19,20). The van der Waals surface area contributed by atoms with Gasteiger partial charge < -0.3 is 20.4 Å². The Morgan fingerprint density at radius 2 is 2.14 bits per heavy atom. The van der Waals surface area contributed by atoms with Gasteiger partial charge in [-0.3, -0.25) is 4.79 Å². The summed E-state index contributed by atoms with van der Waals surface area (Å²) in [6.07, 6.45) is 4.31. The SMILES string of the molecule is O=C(NCCOC1CCNCC1)c1ccc2[nH]ccc2c1. The summed E-state index contributed by atoms with van der Waals surface area (Å²) in [5.41, 5.74) is 1.73. The molecular weight excluding hydrogens is 266 g/mol. The van der Waals surface area contributed by atoms with Gasteiger partial charge in [0.15, 0.2) is 0 Å². The van der Waals surface area contributed by atoms with Crippen LogP contribution in [0.15, 0.2) is 30.5 Å². The molecule has 0 radical (unpaired) electrons.